The van der Waals surface area contributed by atoms with E-state index in [-0.39, 0.29) is 0 Å². The highest BCUT2D eigenvalue weighted by molar-refractivity contribution is 8.76. The van der Waals surface area contributed by atoms with Crippen molar-refractivity contribution in [3.8, 4) is 0 Å². The van der Waals surface area contributed by atoms with Crippen LogP contribution >= 0.6 is 21.6 Å². The Hall–Kier alpha value is 0.520. The second-order valence-electron chi connectivity index (χ2n) is 3.83. The Morgan fingerprint density at radius 3 is 1.56 bits per heavy atom. The summed E-state index contributed by atoms with van der Waals surface area (Å²) in [4.78, 5) is 0. The fourth-order valence-electron chi connectivity index (χ4n) is 0.835. The first-order valence-electron chi connectivity index (χ1n) is 6.00. The van der Waals surface area contributed by atoms with Gasteiger partial charge in [0.05, 0.1) is 10.5 Å². The molecule has 0 fully saturated rings. The van der Waals surface area contributed by atoms with Gasteiger partial charge in [-0.05, 0) is 26.7 Å². The van der Waals surface area contributed by atoms with Crippen molar-refractivity contribution in [3.63, 3.8) is 0 Å². The van der Waals surface area contributed by atoms with Crippen LogP contribution in [0.4, 0.5) is 0 Å². The Bertz CT molecular complexity index is 421. The SMILES string of the molecule is [2H]OS(=O)(=O)C(C)CCSSCCC(C)S(=O)(=O)O[2H]. The van der Waals surface area contributed by atoms with Gasteiger partial charge >= 0.3 is 0 Å². The summed E-state index contributed by atoms with van der Waals surface area (Å²) < 4.78 is 64.7. The summed E-state index contributed by atoms with van der Waals surface area (Å²) in [6, 6.07) is 0. The first-order chi connectivity index (χ1) is 9.17. The van der Waals surface area contributed by atoms with Gasteiger partial charge in [-0.15, -0.1) is 0 Å². The molecule has 0 aliphatic carbocycles. The van der Waals surface area contributed by atoms with Crippen molar-refractivity contribution in [2.75, 3.05) is 11.5 Å². The summed E-state index contributed by atoms with van der Waals surface area (Å²) >= 11 is 0. The van der Waals surface area contributed by atoms with E-state index in [0.29, 0.717) is 24.3 Å². The molecule has 0 saturated heterocycles. The van der Waals surface area contributed by atoms with E-state index in [1.807, 2.05) is 0 Å². The summed E-state index contributed by atoms with van der Waals surface area (Å²) in [5.74, 6) is 1.09. The third-order valence-electron chi connectivity index (χ3n) is 2.28. The van der Waals surface area contributed by atoms with Crippen molar-refractivity contribution in [1.29, 1.82) is 2.86 Å². The van der Waals surface area contributed by atoms with E-state index in [0.717, 1.165) is 0 Å². The van der Waals surface area contributed by atoms with Crippen molar-refractivity contribution in [3.05, 3.63) is 0 Å². The van der Waals surface area contributed by atoms with Gasteiger partial charge in [-0.25, -0.2) is 0 Å². The molecule has 0 saturated carbocycles. The third kappa shape index (κ3) is 8.59. The quantitative estimate of drug-likeness (QED) is 0.332. The molecule has 110 valence electrons. The van der Waals surface area contributed by atoms with Gasteiger partial charge in [-0.3, -0.25) is 9.11 Å². The van der Waals surface area contributed by atoms with Crippen LogP contribution in [0.2, 0.25) is 0 Å². The van der Waals surface area contributed by atoms with E-state index in [1.165, 1.54) is 35.4 Å². The van der Waals surface area contributed by atoms with E-state index < -0.39 is 30.7 Å². The van der Waals surface area contributed by atoms with E-state index in [1.54, 1.807) is 0 Å². The lowest BCUT2D eigenvalue weighted by Crippen LogP contribution is -2.17. The van der Waals surface area contributed by atoms with E-state index in [4.69, 9.17) is 2.86 Å². The van der Waals surface area contributed by atoms with Gasteiger partial charge in [0.1, 0.15) is 0 Å². The van der Waals surface area contributed by atoms with Gasteiger partial charge in [0, 0.05) is 11.5 Å². The molecule has 18 heavy (non-hydrogen) atoms. The lowest BCUT2D eigenvalue weighted by atomic mass is 10.4. The van der Waals surface area contributed by atoms with Gasteiger partial charge in [0.2, 0.25) is 2.86 Å². The smallest absolute Gasteiger partial charge is 0.267 e. The molecule has 0 aromatic rings. The van der Waals surface area contributed by atoms with Crippen molar-refractivity contribution in [2.24, 2.45) is 0 Å². The summed E-state index contributed by atoms with van der Waals surface area (Å²) in [6.45, 7) is 2.94. The van der Waals surface area contributed by atoms with Gasteiger partial charge < -0.3 is 0 Å². The Balaban J connectivity index is 3.80. The van der Waals surface area contributed by atoms with Gasteiger partial charge in [0.25, 0.3) is 20.2 Å². The maximum absolute atomic E-state index is 11.1. The Morgan fingerprint density at radius 1 is 0.944 bits per heavy atom. The molecule has 2 unspecified atom stereocenters. The summed E-state index contributed by atoms with van der Waals surface area (Å²) in [7, 11) is -4.76. The van der Waals surface area contributed by atoms with Crippen LogP contribution in [0, 0.1) is 0 Å². The highest BCUT2D eigenvalue weighted by atomic mass is 33.1. The van der Waals surface area contributed by atoms with E-state index in [9.17, 15) is 16.8 Å². The van der Waals surface area contributed by atoms with Crippen LogP contribution in [0.3, 0.4) is 0 Å². The van der Waals surface area contributed by atoms with Crippen molar-refractivity contribution >= 4 is 41.8 Å². The van der Waals surface area contributed by atoms with E-state index in [2.05, 4.69) is 9.11 Å². The molecule has 0 aromatic carbocycles. The Kier molecular flexibility index (Phi) is 6.59. The first-order valence-corrected chi connectivity index (χ1v) is 10.6. The van der Waals surface area contributed by atoms with Crippen molar-refractivity contribution < 1.29 is 25.9 Å². The van der Waals surface area contributed by atoms with Crippen LogP contribution in [-0.2, 0) is 20.2 Å². The standard InChI is InChI=1S/C8H18O6S4/c1-7(17(9,10)11)3-5-15-16-6-4-8(2)18(12,13)14/h7-8H,3-6H2,1-2H3,(H,9,10,11)(H,12,13,14)/i/hD2. The Labute approximate surface area is 119 Å². The molecule has 2 atom stereocenters. The Morgan fingerprint density at radius 2 is 1.28 bits per heavy atom. The second kappa shape index (κ2) is 7.95. The minimum Gasteiger partial charge on any atom is -0.285 e. The minimum absolute atomic E-state index is 0.350. The monoisotopic (exact) mass is 340 g/mol. The minimum atomic E-state index is -3.80. The zero-order valence-corrected chi connectivity index (χ0v) is 13.3. The molecule has 6 nitrogen and oxygen atoms in total. The van der Waals surface area contributed by atoms with Crippen LogP contribution in [0.25, 0.3) is 2.86 Å². The zero-order chi connectivity index (χ0) is 15.8. The predicted molar refractivity (Wildman–Crippen MR) is 76.2 cm³/mol. The summed E-state index contributed by atoms with van der Waals surface area (Å²) in [6.07, 6.45) is 0.700. The lowest BCUT2D eigenvalue weighted by Gasteiger charge is -2.08. The fourth-order valence-corrected chi connectivity index (χ4v) is 4.37. The molecule has 0 aromatic heterocycles. The highest BCUT2D eigenvalue weighted by Gasteiger charge is 2.18. The number of hydrogen-bond donors (Lipinski definition) is 2. The van der Waals surface area contributed by atoms with Crippen LogP contribution in [0.15, 0.2) is 0 Å². The summed E-state index contributed by atoms with van der Waals surface area (Å²) in [5.41, 5.74) is 0. The number of rotatable bonds is 11. The first kappa shape index (κ1) is 14.9. The molecule has 0 aliphatic heterocycles. The molecule has 0 radical (unpaired) electrons. The second-order valence-corrected chi connectivity index (χ2v) is 10.1. The predicted octanol–water partition coefficient (Wildman–Crippen LogP) is 1.70. The van der Waals surface area contributed by atoms with Gasteiger partial charge in [0.15, 0.2) is 0 Å². The van der Waals surface area contributed by atoms with E-state index >= 15 is 0 Å². The molecule has 0 aliphatic rings. The highest BCUT2D eigenvalue weighted by Crippen LogP contribution is 2.25. The normalized spacial score (nSPS) is 17.9. The summed E-state index contributed by atoms with van der Waals surface area (Å²) in [5, 5.41) is -1.49. The molecule has 0 bridgehead atoms. The molecule has 0 rings (SSSR count). The third-order valence-corrected chi connectivity index (χ3v) is 7.20. The van der Waals surface area contributed by atoms with Crippen LogP contribution in [0.1, 0.15) is 26.7 Å². The van der Waals surface area contributed by atoms with Gasteiger partial charge in [-0.2, -0.15) is 16.8 Å². The van der Waals surface area contributed by atoms with Crippen LogP contribution in [-0.4, -0.2) is 48.0 Å². The topological polar surface area (TPSA) is 109 Å². The molecular weight excluding hydrogens is 320 g/mol. The van der Waals surface area contributed by atoms with Crippen LogP contribution < -0.4 is 0 Å². The molecule has 2 N–H and O–H groups in total. The molecule has 0 amide bonds. The van der Waals surface area contributed by atoms with Crippen molar-refractivity contribution in [1.82, 2.24) is 0 Å². The maximum atomic E-state index is 11.1. The zero-order valence-electron chi connectivity index (χ0n) is 12.1. The molecule has 10 heteroatoms. The molecule has 0 heterocycles. The number of hydrogen-bond acceptors (Lipinski definition) is 8. The molecule has 0 spiro atoms. The average molecular weight is 341 g/mol. The maximum Gasteiger partial charge on any atom is 0.267 e. The molecular formula is C8H18O6S4. The largest absolute Gasteiger partial charge is 0.285 e. The van der Waals surface area contributed by atoms with Gasteiger partial charge in [-0.1, -0.05) is 21.6 Å². The average Bonchev–Trinajstić information content (AvgIpc) is 2.41. The fraction of sp³-hybridized carbons (Fsp3) is 1.00. The van der Waals surface area contributed by atoms with Crippen molar-refractivity contribution in [2.45, 2.75) is 37.2 Å². The van der Waals surface area contributed by atoms with Crippen LogP contribution in [0.5, 0.6) is 0 Å². The lowest BCUT2D eigenvalue weighted by molar-refractivity contribution is 0.466.